The van der Waals surface area contributed by atoms with Gasteiger partial charge in [-0.1, -0.05) is 13.5 Å². The van der Waals surface area contributed by atoms with E-state index in [9.17, 15) is 4.79 Å². The topological polar surface area (TPSA) is 64.1 Å². The van der Waals surface area contributed by atoms with Crippen LogP contribution in [0.25, 0.3) is 0 Å². The third kappa shape index (κ3) is 6.39. The number of quaternary nitrogens is 1. The summed E-state index contributed by atoms with van der Waals surface area (Å²) in [6.45, 7) is 7.32. The van der Waals surface area contributed by atoms with E-state index in [-0.39, 0.29) is 12.1 Å². The number of carbonyl (C=O) groups is 1. The second-order valence-corrected chi connectivity index (χ2v) is 3.55. The van der Waals surface area contributed by atoms with Crippen molar-refractivity contribution in [3.05, 3.63) is 24.4 Å². The average Bonchev–Trinajstić information content (AvgIpc) is 2.00. The molecule has 0 aliphatic rings. The number of hydrogen-bond acceptors (Lipinski definition) is 2. The van der Waals surface area contributed by atoms with Gasteiger partial charge in [0.25, 0.3) is 5.91 Å². The van der Waals surface area contributed by atoms with E-state index in [0.29, 0.717) is 10.2 Å². The Balaban J connectivity index is 0. The minimum atomic E-state index is -0.120. The highest BCUT2D eigenvalue weighted by Crippen LogP contribution is 1.97. The molecule has 0 spiro atoms. The maximum atomic E-state index is 11.3. The molecule has 4 nitrogen and oxygen atoms in total. The molecule has 0 aliphatic carbocycles. The molecule has 14 heavy (non-hydrogen) atoms. The van der Waals surface area contributed by atoms with Crippen LogP contribution in [-0.2, 0) is 4.79 Å². The molecule has 0 saturated heterocycles. The monoisotopic (exact) mass is 200 g/mol. The second kappa shape index (κ2) is 6.34. The lowest BCUT2D eigenvalue weighted by atomic mass is 10.3. The Hall–Kier alpha value is -1.13. The van der Waals surface area contributed by atoms with Crippen molar-refractivity contribution in [3.63, 3.8) is 0 Å². The van der Waals surface area contributed by atoms with Gasteiger partial charge in [-0.2, -0.15) is 10.0 Å². The number of rotatable bonds is 4. The van der Waals surface area contributed by atoms with E-state index in [2.05, 4.69) is 18.9 Å². The van der Waals surface area contributed by atoms with Crippen LogP contribution >= 0.6 is 0 Å². The van der Waals surface area contributed by atoms with Gasteiger partial charge in [-0.25, -0.2) is 0 Å². The van der Waals surface area contributed by atoms with E-state index in [1.165, 1.54) is 0 Å². The van der Waals surface area contributed by atoms with E-state index in [4.69, 9.17) is 0 Å². The molecule has 0 radical (unpaired) electrons. The van der Waals surface area contributed by atoms with E-state index in [0.717, 1.165) is 6.42 Å². The van der Waals surface area contributed by atoms with Crippen LogP contribution in [0.15, 0.2) is 24.4 Å². The van der Waals surface area contributed by atoms with Gasteiger partial charge in [0, 0.05) is 5.57 Å². The van der Waals surface area contributed by atoms with Gasteiger partial charge in [0.1, 0.15) is 6.20 Å². The highest BCUT2D eigenvalue weighted by atomic mass is 16.2. The molecule has 0 heterocycles. The van der Waals surface area contributed by atoms with Gasteiger partial charge in [-0.3, -0.25) is 4.79 Å². The zero-order valence-electron chi connectivity index (χ0n) is 9.63. The Morgan fingerprint density at radius 2 is 2.00 bits per heavy atom. The van der Waals surface area contributed by atoms with E-state index < -0.39 is 0 Å². The van der Waals surface area contributed by atoms with Crippen LogP contribution in [0.1, 0.15) is 20.3 Å². The summed E-state index contributed by atoms with van der Waals surface area (Å²) in [5, 5.41) is 0. The number of nitrogens with one attached hydrogen (secondary N) is 1. The van der Waals surface area contributed by atoms with Crippen LogP contribution in [0.5, 0.6) is 0 Å². The number of amides is 1. The Labute approximate surface area is 86.4 Å². The Morgan fingerprint density at radius 1 is 1.50 bits per heavy atom. The molecule has 4 N–H and O–H groups in total. The Bertz CT molecular complexity index is 232. The first-order valence-corrected chi connectivity index (χ1v) is 4.38. The Kier molecular flexibility index (Phi) is 6.95. The van der Waals surface area contributed by atoms with E-state index in [1.807, 2.05) is 26.4 Å². The molecule has 0 aliphatic heterocycles. The zero-order chi connectivity index (χ0) is 10.5. The van der Waals surface area contributed by atoms with Crippen LogP contribution in [0.2, 0.25) is 0 Å². The SMILES string of the molecule is C=C(C)C(=O)N[N+](C)(C)C=CCC.N. The van der Waals surface area contributed by atoms with Crippen molar-refractivity contribution in [1.82, 2.24) is 11.6 Å². The number of nitrogens with zero attached hydrogens (tertiary/aromatic N) is 1. The molecule has 4 heteroatoms. The van der Waals surface area contributed by atoms with Gasteiger partial charge in [0.05, 0.1) is 14.1 Å². The summed E-state index contributed by atoms with van der Waals surface area (Å²) in [6.07, 6.45) is 4.91. The minimum Gasteiger partial charge on any atom is -0.344 e. The van der Waals surface area contributed by atoms with Gasteiger partial charge in [0.2, 0.25) is 0 Å². The highest BCUT2D eigenvalue weighted by molar-refractivity contribution is 5.91. The predicted octanol–water partition coefficient (Wildman–Crippen LogP) is 1.76. The number of hydrogen-bond donors (Lipinski definition) is 2. The molecule has 0 unspecified atom stereocenters. The molecular weight excluding hydrogens is 178 g/mol. The maximum absolute atomic E-state index is 11.3. The third-order valence-corrected chi connectivity index (χ3v) is 1.49. The minimum absolute atomic E-state index is 0. The first-order valence-electron chi connectivity index (χ1n) is 4.38. The molecule has 0 aromatic heterocycles. The first kappa shape index (κ1) is 15.3. The fraction of sp³-hybridized carbons (Fsp3) is 0.500. The van der Waals surface area contributed by atoms with Crippen LogP contribution in [0, 0.1) is 0 Å². The van der Waals surface area contributed by atoms with Gasteiger partial charge >= 0.3 is 0 Å². The van der Waals surface area contributed by atoms with Gasteiger partial charge in [-0.05, 0) is 19.4 Å². The maximum Gasteiger partial charge on any atom is 0.291 e. The fourth-order valence-corrected chi connectivity index (χ4v) is 0.763. The quantitative estimate of drug-likeness (QED) is 0.412. The van der Waals surface area contributed by atoms with Crippen molar-refractivity contribution in [2.75, 3.05) is 14.1 Å². The third-order valence-electron chi connectivity index (χ3n) is 1.49. The van der Waals surface area contributed by atoms with Crippen molar-refractivity contribution in [1.29, 1.82) is 0 Å². The molecule has 0 fully saturated rings. The highest BCUT2D eigenvalue weighted by Gasteiger charge is 2.15. The standard InChI is InChI=1S/C10H18N2O.H3N/c1-6-7-8-12(4,5)11-10(13)9(2)3;/h7-8H,2,6H2,1,3-5H3;1H3/p+1. The molecule has 0 atom stereocenters. The largest absolute Gasteiger partial charge is 0.344 e. The van der Waals surface area contributed by atoms with Crippen molar-refractivity contribution in [3.8, 4) is 0 Å². The van der Waals surface area contributed by atoms with Crippen molar-refractivity contribution in [2.24, 2.45) is 0 Å². The summed E-state index contributed by atoms with van der Waals surface area (Å²) in [5.74, 6) is -0.120. The fourth-order valence-electron chi connectivity index (χ4n) is 0.763. The van der Waals surface area contributed by atoms with E-state index >= 15 is 0 Å². The van der Waals surface area contributed by atoms with Crippen LogP contribution in [0.3, 0.4) is 0 Å². The molecule has 0 aromatic rings. The smallest absolute Gasteiger partial charge is 0.291 e. The molecule has 82 valence electrons. The lowest BCUT2D eigenvalue weighted by Crippen LogP contribution is -2.50. The molecule has 0 saturated carbocycles. The molecular formula is C10H22N3O+. The van der Waals surface area contributed by atoms with Crippen molar-refractivity contribution >= 4 is 5.91 Å². The first-order chi connectivity index (χ1) is 5.89. The summed E-state index contributed by atoms with van der Waals surface area (Å²) in [5.41, 5.74) is 3.33. The lowest BCUT2D eigenvalue weighted by molar-refractivity contribution is -0.875. The second-order valence-electron chi connectivity index (χ2n) is 3.55. The van der Waals surface area contributed by atoms with Crippen LogP contribution in [-0.4, -0.2) is 24.6 Å². The number of carbonyl (C=O) groups excluding carboxylic acids is 1. The van der Waals surface area contributed by atoms with Gasteiger partial charge in [0.15, 0.2) is 0 Å². The predicted molar refractivity (Wildman–Crippen MR) is 59.5 cm³/mol. The van der Waals surface area contributed by atoms with E-state index in [1.54, 1.807) is 6.92 Å². The lowest BCUT2D eigenvalue weighted by Gasteiger charge is -2.24. The number of allylic oxidation sites excluding steroid dienone is 1. The summed E-state index contributed by atoms with van der Waals surface area (Å²) in [7, 11) is 3.79. The van der Waals surface area contributed by atoms with Crippen LogP contribution in [0.4, 0.5) is 0 Å². The molecule has 0 rings (SSSR count). The molecule has 0 aromatic carbocycles. The summed E-state index contributed by atoms with van der Waals surface area (Å²) in [6, 6.07) is 0. The van der Waals surface area contributed by atoms with Crippen molar-refractivity contribution < 1.29 is 9.39 Å². The van der Waals surface area contributed by atoms with Gasteiger partial charge in [-0.15, -0.1) is 0 Å². The summed E-state index contributed by atoms with van der Waals surface area (Å²) < 4.78 is 0.347. The Morgan fingerprint density at radius 3 is 2.36 bits per heavy atom. The zero-order valence-corrected chi connectivity index (χ0v) is 9.63. The summed E-state index contributed by atoms with van der Waals surface area (Å²) >= 11 is 0. The average molecular weight is 200 g/mol. The summed E-state index contributed by atoms with van der Waals surface area (Å²) in [4.78, 5) is 11.3. The van der Waals surface area contributed by atoms with Crippen LogP contribution < -0.4 is 11.6 Å². The normalized spacial score (nSPS) is 10.9. The van der Waals surface area contributed by atoms with Crippen molar-refractivity contribution in [2.45, 2.75) is 20.3 Å². The molecule has 1 amide bonds. The van der Waals surface area contributed by atoms with Gasteiger partial charge < -0.3 is 6.15 Å². The molecule has 0 bridgehead atoms.